The Morgan fingerprint density at radius 3 is 1.12 bits per heavy atom. The summed E-state index contributed by atoms with van der Waals surface area (Å²) in [6.07, 6.45) is 0. The lowest BCUT2D eigenvalue weighted by atomic mass is 10.1. The first kappa shape index (κ1) is 23.5. The third-order valence-corrected chi connectivity index (χ3v) is 10.6. The van der Waals surface area contributed by atoms with E-state index < -0.39 is 17.7 Å². The molecule has 0 N–H and O–H groups in total. The molecule has 4 rings (SSSR count). The van der Waals surface area contributed by atoms with E-state index in [9.17, 15) is 16.8 Å². The molecule has 0 bridgehead atoms. The minimum Gasteiger partial charge on any atom is -0.497 e. The Bertz CT molecular complexity index is 1400. The zero-order chi connectivity index (χ0) is 24.3. The highest BCUT2D eigenvalue weighted by molar-refractivity contribution is 8.67. The second kappa shape index (κ2) is 9.32. The van der Waals surface area contributed by atoms with E-state index in [1.807, 2.05) is 0 Å². The lowest BCUT2D eigenvalue weighted by Crippen LogP contribution is -2.18. The van der Waals surface area contributed by atoms with Gasteiger partial charge in [-0.15, -0.1) is 0 Å². The molecule has 0 unspecified atom stereocenters. The fourth-order valence-electron chi connectivity index (χ4n) is 3.62. The lowest BCUT2D eigenvalue weighted by Gasteiger charge is -2.14. The van der Waals surface area contributed by atoms with Crippen LogP contribution >= 0.6 is 0 Å². The molecule has 4 aromatic carbocycles. The van der Waals surface area contributed by atoms with Crippen molar-refractivity contribution < 1.29 is 26.3 Å². The number of ether oxygens (including phenoxy) is 2. The van der Waals surface area contributed by atoms with E-state index in [-0.39, 0.29) is 20.9 Å². The largest absolute Gasteiger partial charge is 0.497 e. The van der Waals surface area contributed by atoms with E-state index in [1.165, 1.54) is 38.5 Å². The van der Waals surface area contributed by atoms with Gasteiger partial charge in [-0.3, -0.25) is 0 Å². The highest BCUT2D eigenvalue weighted by Crippen LogP contribution is 2.37. The summed E-state index contributed by atoms with van der Waals surface area (Å²) in [5.74, 6) is 1.20. The van der Waals surface area contributed by atoms with Crippen LogP contribution in [0.1, 0.15) is 0 Å². The Morgan fingerprint density at radius 1 is 0.471 bits per heavy atom. The fourth-order valence-corrected chi connectivity index (χ4v) is 7.79. The summed E-state index contributed by atoms with van der Waals surface area (Å²) >= 11 is 0. The summed E-state index contributed by atoms with van der Waals surface area (Å²) in [6, 6.07) is 25.6. The van der Waals surface area contributed by atoms with Crippen LogP contribution in [0.25, 0.3) is 22.3 Å². The van der Waals surface area contributed by atoms with Crippen LogP contribution in [0.15, 0.2) is 107 Å². The van der Waals surface area contributed by atoms with Crippen molar-refractivity contribution >= 4 is 17.7 Å². The Labute approximate surface area is 198 Å². The molecule has 8 heteroatoms. The summed E-state index contributed by atoms with van der Waals surface area (Å²) < 4.78 is 64.8. The van der Waals surface area contributed by atoms with E-state index in [4.69, 9.17) is 9.47 Å². The molecular formula is C26H22O6S2. The molecule has 0 fully saturated rings. The normalized spacial score (nSPS) is 11.7. The summed E-state index contributed by atoms with van der Waals surface area (Å²) in [4.78, 5) is -0.575. The van der Waals surface area contributed by atoms with Gasteiger partial charge in [-0.05, 0) is 47.5 Å². The molecule has 0 aliphatic rings. The van der Waals surface area contributed by atoms with Crippen LogP contribution in [0.2, 0.25) is 0 Å². The van der Waals surface area contributed by atoms with Crippen LogP contribution in [-0.4, -0.2) is 31.1 Å². The van der Waals surface area contributed by atoms with Gasteiger partial charge in [0.25, 0.3) is 17.7 Å². The monoisotopic (exact) mass is 494 g/mol. The molecule has 0 radical (unpaired) electrons. The quantitative estimate of drug-likeness (QED) is 0.328. The van der Waals surface area contributed by atoms with Crippen molar-refractivity contribution in [2.75, 3.05) is 14.2 Å². The number of benzene rings is 4. The topological polar surface area (TPSA) is 86.7 Å². The third-order valence-electron chi connectivity index (χ3n) is 5.40. The molecule has 0 amide bonds. The van der Waals surface area contributed by atoms with Crippen molar-refractivity contribution in [1.29, 1.82) is 0 Å². The molecule has 0 heterocycles. The van der Waals surface area contributed by atoms with Gasteiger partial charge in [0.2, 0.25) is 0 Å². The summed E-state index contributed by atoms with van der Waals surface area (Å²) in [5, 5.41) is 0. The Kier molecular flexibility index (Phi) is 6.45. The van der Waals surface area contributed by atoms with Crippen molar-refractivity contribution in [3.63, 3.8) is 0 Å². The van der Waals surface area contributed by atoms with Crippen molar-refractivity contribution in [3.8, 4) is 33.8 Å². The van der Waals surface area contributed by atoms with Crippen LogP contribution in [0.4, 0.5) is 0 Å². The zero-order valence-electron chi connectivity index (χ0n) is 18.5. The predicted octanol–water partition coefficient (Wildman–Crippen LogP) is 5.20. The minimum absolute atomic E-state index is 0.287. The molecule has 0 spiro atoms. The molecule has 34 heavy (non-hydrogen) atoms. The van der Waals surface area contributed by atoms with Gasteiger partial charge in [0.1, 0.15) is 11.5 Å². The average Bonchev–Trinajstić information content (AvgIpc) is 2.88. The maximum atomic E-state index is 13.6. The first-order valence-corrected chi connectivity index (χ1v) is 13.7. The number of hydrogen-bond acceptors (Lipinski definition) is 6. The maximum absolute atomic E-state index is 13.6. The number of rotatable bonds is 7. The van der Waals surface area contributed by atoms with E-state index in [0.717, 1.165) is 0 Å². The molecule has 0 saturated carbocycles. The molecule has 174 valence electrons. The average molecular weight is 495 g/mol. The SMILES string of the molecule is COc1ccc(-c2ccccc2S(=O)(=O)S(=O)(=O)c2ccccc2-c2ccc(OC)cc2)cc1. The summed E-state index contributed by atoms with van der Waals surface area (Å²) in [5.41, 5.74) is 1.68. The van der Waals surface area contributed by atoms with Gasteiger partial charge in [-0.2, -0.15) is 0 Å². The highest BCUT2D eigenvalue weighted by atomic mass is 33.2. The van der Waals surface area contributed by atoms with Gasteiger partial charge in [0.05, 0.1) is 24.0 Å². The van der Waals surface area contributed by atoms with Gasteiger partial charge in [0, 0.05) is 11.1 Å². The first-order chi connectivity index (χ1) is 16.3. The van der Waals surface area contributed by atoms with Crippen LogP contribution in [0.3, 0.4) is 0 Å². The molecule has 6 nitrogen and oxygen atoms in total. The minimum atomic E-state index is -4.81. The second-order valence-corrected chi connectivity index (χ2v) is 12.7. The Balaban J connectivity index is 1.86. The second-order valence-electron chi connectivity index (χ2n) is 7.36. The van der Waals surface area contributed by atoms with Crippen molar-refractivity contribution in [3.05, 3.63) is 97.1 Å². The molecule has 0 aliphatic carbocycles. The summed E-state index contributed by atoms with van der Waals surface area (Å²) in [7, 11) is -6.57. The van der Waals surface area contributed by atoms with Crippen LogP contribution in [-0.2, 0) is 17.7 Å². The van der Waals surface area contributed by atoms with E-state index in [2.05, 4.69) is 0 Å². The third kappa shape index (κ3) is 4.18. The molecule has 4 aromatic rings. The van der Waals surface area contributed by atoms with E-state index >= 15 is 0 Å². The van der Waals surface area contributed by atoms with Crippen LogP contribution in [0, 0.1) is 0 Å². The van der Waals surface area contributed by atoms with Crippen LogP contribution < -0.4 is 9.47 Å². The maximum Gasteiger partial charge on any atom is 0.287 e. The predicted molar refractivity (Wildman–Crippen MR) is 131 cm³/mol. The smallest absolute Gasteiger partial charge is 0.287 e. The fraction of sp³-hybridized carbons (Fsp3) is 0.0769. The highest BCUT2D eigenvalue weighted by Gasteiger charge is 2.37. The molecule has 0 aliphatic heterocycles. The van der Waals surface area contributed by atoms with Gasteiger partial charge in [0.15, 0.2) is 0 Å². The number of methoxy groups -OCH3 is 2. The first-order valence-electron chi connectivity index (χ1n) is 10.3. The molecule has 0 atom stereocenters. The van der Waals surface area contributed by atoms with E-state index in [1.54, 1.807) is 72.8 Å². The number of hydrogen-bond donors (Lipinski definition) is 0. The molecular weight excluding hydrogens is 472 g/mol. The molecule has 0 aromatic heterocycles. The van der Waals surface area contributed by atoms with Gasteiger partial charge in [-0.1, -0.05) is 60.7 Å². The van der Waals surface area contributed by atoms with Crippen LogP contribution in [0.5, 0.6) is 11.5 Å². The Hall–Kier alpha value is -3.62. The van der Waals surface area contributed by atoms with Crippen molar-refractivity contribution in [1.82, 2.24) is 0 Å². The van der Waals surface area contributed by atoms with Gasteiger partial charge >= 0.3 is 0 Å². The van der Waals surface area contributed by atoms with Crippen molar-refractivity contribution in [2.24, 2.45) is 0 Å². The molecule has 0 saturated heterocycles. The van der Waals surface area contributed by atoms with Crippen molar-refractivity contribution in [2.45, 2.75) is 9.79 Å². The van der Waals surface area contributed by atoms with E-state index in [0.29, 0.717) is 22.6 Å². The van der Waals surface area contributed by atoms with Gasteiger partial charge in [-0.25, -0.2) is 16.8 Å². The lowest BCUT2D eigenvalue weighted by molar-refractivity contribution is 0.415. The summed E-state index contributed by atoms with van der Waals surface area (Å²) in [6.45, 7) is 0. The Morgan fingerprint density at radius 2 is 0.794 bits per heavy atom. The zero-order valence-corrected chi connectivity index (χ0v) is 20.1. The standard InChI is InChI=1S/C26H22O6S2/c1-31-21-15-11-19(12-16-21)23-7-3-5-9-25(23)33(27,28)34(29,30)26-10-6-4-8-24(26)20-13-17-22(32-2)18-14-20/h3-18H,1-2H3. The van der Waals surface area contributed by atoms with Gasteiger partial charge < -0.3 is 9.47 Å².